The molecule has 0 aromatic carbocycles. The molecule has 0 spiro atoms. The molecule has 0 bridgehead atoms. The highest BCUT2D eigenvalue weighted by molar-refractivity contribution is 4.84. The van der Waals surface area contributed by atoms with Crippen molar-refractivity contribution in [3.63, 3.8) is 0 Å². The smallest absolute Gasteiger partial charge is 0.171 e. The van der Waals surface area contributed by atoms with Gasteiger partial charge in [0.1, 0.15) is 0 Å². The van der Waals surface area contributed by atoms with Crippen LogP contribution in [0, 0.1) is 76.4 Å². The van der Waals surface area contributed by atoms with Gasteiger partial charge in [-0.15, -0.1) is 0 Å². The van der Waals surface area contributed by atoms with E-state index >= 15 is 0 Å². The molecule has 0 nitrogen and oxygen atoms in total. The van der Waals surface area contributed by atoms with Gasteiger partial charge in [0.25, 0.3) is 0 Å². The van der Waals surface area contributed by atoms with Crippen molar-refractivity contribution in [1.29, 1.82) is 0 Å². The highest BCUT2D eigenvalue weighted by Gasteiger charge is 2.47. The SMILES string of the molecule is CC1CC(C(F)(F)F)C[C@@H](C)C1.CC1CC(C)C(C(F)(F)F)C1.CC1CCC(C)C1C.CC1CCCC(C(F)(F)F)[C@@H]1C.[2H]C([2H])(C)C(C)(C)C. The lowest BCUT2D eigenvalue weighted by Crippen LogP contribution is -2.35. The summed E-state index contributed by atoms with van der Waals surface area (Å²) in [4.78, 5) is 0. The van der Waals surface area contributed by atoms with Crippen molar-refractivity contribution in [2.75, 3.05) is 0 Å². The van der Waals surface area contributed by atoms with Gasteiger partial charge in [-0.1, -0.05) is 122 Å². The Morgan fingerprint density at radius 1 is 0.469 bits per heavy atom. The molecule has 0 N–H and O–H groups in total. The minimum Gasteiger partial charge on any atom is -0.171 e. The van der Waals surface area contributed by atoms with Gasteiger partial charge in [-0.25, -0.2) is 0 Å². The van der Waals surface area contributed by atoms with Crippen LogP contribution in [-0.2, 0) is 0 Å². The zero-order valence-corrected chi connectivity index (χ0v) is 32.9. The van der Waals surface area contributed by atoms with E-state index in [-0.39, 0.29) is 40.9 Å². The lowest BCUT2D eigenvalue weighted by molar-refractivity contribution is -0.199. The Labute approximate surface area is 297 Å². The van der Waals surface area contributed by atoms with E-state index in [0.29, 0.717) is 25.7 Å². The van der Waals surface area contributed by atoms with E-state index in [1.165, 1.54) is 12.8 Å². The van der Waals surface area contributed by atoms with Crippen molar-refractivity contribution in [2.24, 2.45) is 76.4 Å². The fourth-order valence-electron chi connectivity index (χ4n) is 7.89. The quantitative estimate of drug-likeness (QED) is 0.218. The number of hydrogen-bond donors (Lipinski definition) is 0. The molecule has 9 unspecified atom stereocenters. The Morgan fingerprint density at radius 3 is 1.10 bits per heavy atom. The first-order valence-electron chi connectivity index (χ1n) is 19.9. The third-order valence-electron chi connectivity index (χ3n) is 11.9. The summed E-state index contributed by atoms with van der Waals surface area (Å²) >= 11 is 0. The first-order valence-corrected chi connectivity index (χ1v) is 18.9. The monoisotopic (exact) mass is 727 g/mol. The first kappa shape index (κ1) is 44.5. The van der Waals surface area contributed by atoms with Crippen LogP contribution >= 0.6 is 0 Å². The summed E-state index contributed by atoms with van der Waals surface area (Å²) in [6, 6.07) is 0. The molecule has 4 aliphatic rings. The summed E-state index contributed by atoms with van der Waals surface area (Å²) in [6.45, 7) is 25.5. The van der Waals surface area contributed by atoms with Crippen molar-refractivity contribution >= 4 is 0 Å². The largest absolute Gasteiger partial charge is 0.392 e. The number of halogens is 9. The van der Waals surface area contributed by atoms with Crippen LogP contribution in [-0.4, -0.2) is 18.5 Å². The van der Waals surface area contributed by atoms with Crippen LogP contribution in [0.15, 0.2) is 0 Å². The van der Waals surface area contributed by atoms with Gasteiger partial charge in [0.2, 0.25) is 0 Å². The van der Waals surface area contributed by atoms with Crippen LogP contribution in [0.1, 0.15) is 163 Å². The Balaban J connectivity index is 0.000000620. The minimum absolute atomic E-state index is 0.176. The van der Waals surface area contributed by atoms with E-state index in [1.807, 2.05) is 48.5 Å². The van der Waals surface area contributed by atoms with E-state index in [4.69, 9.17) is 2.74 Å². The van der Waals surface area contributed by atoms with Crippen molar-refractivity contribution in [3.05, 3.63) is 0 Å². The van der Waals surface area contributed by atoms with Crippen LogP contribution in [0.3, 0.4) is 0 Å². The van der Waals surface area contributed by atoms with Gasteiger partial charge in [-0.2, -0.15) is 39.5 Å². The van der Waals surface area contributed by atoms with Gasteiger partial charge < -0.3 is 0 Å². The topological polar surface area (TPSA) is 0 Å². The molecule has 4 saturated carbocycles. The standard InChI is InChI=1S/2C9H15F3.C8H13F3.C8H16.C6H14/c1-6-3-7(2)5-8(4-6)9(10,11)12;1-6-4-3-5-8(7(6)2)9(10,11)12;1-5-3-6(2)7(4-5)8(9,10)11;1-6-4-5-7(2)8(6)3;1-5-6(2,3)4/h2*6-8H,3-5H2,1-2H3;5-7H,3-4H2,1-2H3;6-8H,4-5H2,1-3H3;5H2,1-4H3/t6-,7?,8?;6?,7-,8?;;;/m01.../s1/i;;;;5D2. The Kier molecular flexibility index (Phi) is 18.7. The molecule has 296 valence electrons. The predicted octanol–water partition coefficient (Wildman–Crippen LogP) is 15.6. The summed E-state index contributed by atoms with van der Waals surface area (Å²) < 4.78 is 125. The van der Waals surface area contributed by atoms with Gasteiger partial charge in [0.15, 0.2) is 0 Å². The summed E-state index contributed by atoms with van der Waals surface area (Å²) in [7, 11) is 0. The molecule has 0 aromatic rings. The predicted molar refractivity (Wildman–Crippen MR) is 187 cm³/mol. The molecule has 0 saturated heterocycles. The first-order chi connectivity index (χ1) is 22.7. The van der Waals surface area contributed by atoms with Gasteiger partial charge in [0, 0.05) is 2.74 Å². The molecule has 4 aliphatic carbocycles. The van der Waals surface area contributed by atoms with E-state index in [2.05, 4.69) is 20.8 Å². The van der Waals surface area contributed by atoms with Crippen LogP contribution in [0.25, 0.3) is 0 Å². The molecule has 4 fully saturated rings. The second kappa shape index (κ2) is 20.6. The van der Waals surface area contributed by atoms with E-state index in [1.54, 1.807) is 20.8 Å². The minimum atomic E-state index is -3.98. The Morgan fingerprint density at radius 2 is 0.857 bits per heavy atom. The molecule has 0 aromatic heterocycles. The third-order valence-corrected chi connectivity index (χ3v) is 11.9. The molecule has 0 aliphatic heterocycles. The maximum Gasteiger partial charge on any atom is 0.392 e. The van der Waals surface area contributed by atoms with Crippen LogP contribution in [0.2, 0.25) is 0 Å². The average molecular weight is 727 g/mol. The van der Waals surface area contributed by atoms with Crippen molar-refractivity contribution in [1.82, 2.24) is 0 Å². The molecule has 9 heteroatoms. The fraction of sp³-hybridized carbons (Fsp3) is 1.00. The van der Waals surface area contributed by atoms with E-state index in [0.717, 1.165) is 43.4 Å². The zero-order chi connectivity index (χ0) is 40.5. The maximum atomic E-state index is 12.4. The fourth-order valence-corrected chi connectivity index (χ4v) is 7.89. The lowest BCUT2D eigenvalue weighted by atomic mass is 9.73. The molecule has 0 radical (unpaired) electrons. The number of hydrogen-bond acceptors (Lipinski definition) is 0. The zero-order valence-electron chi connectivity index (χ0n) is 34.9. The highest BCUT2D eigenvalue weighted by Crippen LogP contribution is 2.46. The second-order valence-electron chi connectivity index (χ2n) is 17.7. The van der Waals surface area contributed by atoms with Gasteiger partial charge in [-0.05, 0) is 97.2 Å². The van der Waals surface area contributed by atoms with Gasteiger partial charge in [0.05, 0.1) is 17.8 Å². The molecule has 4 rings (SSSR count). The van der Waals surface area contributed by atoms with Crippen LogP contribution < -0.4 is 0 Å². The molecule has 0 heterocycles. The van der Waals surface area contributed by atoms with E-state index < -0.39 is 42.7 Å². The van der Waals surface area contributed by atoms with E-state index in [9.17, 15) is 39.5 Å². The Bertz CT molecular complexity index is 916. The number of rotatable bonds is 0. The normalized spacial score (nSPS) is 37.8. The summed E-state index contributed by atoms with van der Waals surface area (Å²) in [5.74, 6) is 0.395. The lowest BCUT2D eigenvalue weighted by Gasteiger charge is -2.35. The second-order valence-corrected chi connectivity index (χ2v) is 17.7. The molecule has 0 amide bonds. The van der Waals surface area contributed by atoms with Crippen LogP contribution in [0.5, 0.6) is 0 Å². The Hall–Kier alpha value is -0.630. The highest BCUT2D eigenvalue weighted by atomic mass is 19.4. The van der Waals surface area contributed by atoms with Crippen molar-refractivity contribution < 1.29 is 42.3 Å². The summed E-state index contributed by atoms with van der Waals surface area (Å²) in [6.07, 6.45) is -5.39. The van der Waals surface area contributed by atoms with Gasteiger partial charge in [-0.3, -0.25) is 0 Å². The molecular formula is C40H73F9. The van der Waals surface area contributed by atoms with Crippen molar-refractivity contribution in [3.8, 4) is 0 Å². The molecule has 11 atom stereocenters. The average Bonchev–Trinajstić information content (AvgIpc) is 3.43. The molecule has 49 heavy (non-hydrogen) atoms. The maximum absolute atomic E-state index is 12.4. The third kappa shape index (κ3) is 19.1. The summed E-state index contributed by atoms with van der Waals surface area (Å²) in [5.41, 5.74) is -0.229. The molecular weight excluding hydrogens is 651 g/mol. The summed E-state index contributed by atoms with van der Waals surface area (Å²) in [5, 5.41) is 0. The number of alkyl halides is 9. The van der Waals surface area contributed by atoms with Gasteiger partial charge >= 0.3 is 18.5 Å². The van der Waals surface area contributed by atoms with Crippen LogP contribution in [0.4, 0.5) is 39.5 Å². The van der Waals surface area contributed by atoms with Crippen molar-refractivity contribution in [2.45, 2.75) is 179 Å².